The highest BCUT2D eigenvalue weighted by Crippen LogP contribution is 2.31. The van der Waals surface area contributed by atoms with Gasteiger partial charge in [-0.25, -0.2) is 4.99 Å². The van der Waals surface area contributed by atoms with Crippen molar-refractivity contribution in [3.05, 3.63) is 23.8 Å². The van der Waals surface area contributed by atoms with Crippen LogP contribution in [-0.4, -0.2) is 55.7 Å². The summed E-state index contributed by atoms with van der Waals surface area (Å²) < 4.78 is 11.5. The van der Waals surface area contributed by atoms with Gasteiger partial charge >= 0.3 is 0 Å². The molecule has 0 spiro atoms. The molecule has 1 aromatic rings. The molecule has 2 aliphatic heterocycles. The summed E-state index contributed by atoms with van der Waals surface area (Å²) in [6.07, 6.45) is 6.39. The lowest BCUT2D eigenvalue weighted by molar-refractivity contribution is -0.134. The minimum absolute atomic E-state index is 0.247. The second kappa shape index (κ2) is 10.0. The van der Waals surface area contributed by atoms with Gasteiger partial charge in [-0.2, -0.15) is 0 Å². The third-order valence-corrected chi connectivity index (χ3v) is 6.12. The van der Waals surface area contributed by atoms with Crippen molar-refractivity contribution >= 4 is 11.9 Å². The van der Waals surface area contributed by atoms with Crippen LogP contribution in [0.5, 0.6) is 11.5 Å². The summed E-state index contributed by atoms with van der Waals surface area (Å²) in [6, 6.07) is 6.27. The van der Waals surface area contributed by atoms with E-state index in [1.54, 1.807) is 0 Å². The highest BCUT2D eigenvalue weighted by Gasteiger charge is 2.32. The van der Waals surface area contributed by atoms with Crippen LogP contribution in [0.2, 0.25) is 0 Å². The minimum atomic E-state index is 0.247. The highest BCUT2D eigenvalue weighted by atomic mass is 16.5. The van der Waals surface area contributed by atoms with Crippen LogP contribution in [0.15, 0.2) is 23.2 Å². The molecule has 0 bridgehead atoms. The fourth-order valence-electron chi connectivity index (χ4n) is 4.50. The standard InChI is InChI=1S/C23H34N4O3/c1-2-24-23(25-15-17-8-9-20-21(14-17)30-13-5-12-29-20)26-19-10-11-27(16-19)22(28)18-6-3-4-7-18/h8-9,14,18-19H,2-7,10-13,15-16H2,1H3,(H2,24,25,26). The molecular formula is C23H34N4O3. The van der Waals surface area contributed by atoms with Crippen LogP contribution in [0.3, 0.4) is 0 Å². The Kier molecular flexibility index (Phi) is 6.97. The second-order valence-corrected chi connectivity index (χ2v) is 8.42. The second-order valence-electron chi connectivity index (χ2n) is 8.42. The lowest BCUT2D eigenvalue weighted by atomic mass is 10.1. The van der Waals surface area contributed by atoms with Crippen LogP contribution in [0.1, 0.15) is 51.0 Å². The van der Waals surface area contributed by atoms with E-state index in [1.807, 2.05) is 23.1 Å². The third kappa shape index (κ3) is 5.18. The largest absolute Gasteiger partial charge is 0.490 e. The molecule has 7 heteroatoms. The quantitative estimate of drug-likeness (QED) is 0.572. The Morgan fingerprint density at radius 1 is 1.13 bits per heavy atom. The summed E-state index contributed by atoms with van der Waals surface area (Å²) in [4.78, 5) is 19.5. The normalized spacial score (nSPS) is 22.1. The van der Waals surface area contributed by atoms with Crippen LogP contribution in [0.25, 0.3) is 0 Å². The molecule has 2 fully saturated rings. The fraction of sp³-hybridized carbons (Fsp3) is 0.652. The number of aliphatic imine (C=N–C) groups is 1. The number of nitrogens with zero attached hydrogens (tertiary/aromatic N) is 2. The summed E-state index contributed by atoms with van der Waals surface area (Å²) in [5.74, 6) is 3.01. The lowest BCUT2D eigenvalue weighted by Crippen LogP contribution is -2.45. The van der Waals surface area contributed by atoms with Crippen LogP contribution >= 0.6 is 0 Å². The molecule has 4 rings (SSSR count). The zero-order valence-electron chi connectivity index (χ0n) is 18.0. The van der Waals surface area contributed by atoms with Crippen molar-refractivity contribution in [1.82, 2.24) is 15.5 Å². The maximum Gasteiger partial charge on any atom is 0.225 e. The molecular weight excluding hydrogens is 380 g/mol. The molecule has 1 unspecified atom stereocenters. The van der Waals surface area contributed by atoms with E-state index in [4.69, 9.17) is 14.5 Å². The Bertz CT molecular complexity index is 761. The number of carbonyl (C=O) groups excluding carboxylic acids is 1. The maximum atomic E-state index is 12.7. The van der Waals surface area contributed by atoms with E-state index in [0.717, 1.165) is 68.3 Å². The number of ether oxygens (including phenoxy) is 2. The number of rotatable bonds is 5. The van der Waals surface area contributed by atoms with E-state index < -0.39 is 0 Å². The zero-order valence-corrected chi connectivity index (χ0v) is 18.0. The summed E-state index contributed by atoms with van der Waals surface area (Å²) in [6.45, 7) is 6.41. The van der Waals surface area contributed by atoms with Gasteiger partial charge in [0.2, 0.25) is 5.91 Å². The number of hydrogen-bond acceptors (Lipinski definition) is 4. The van der Waals surface area contributed by atoms with Crippen molar-refractivity contribution in [2.45, 2.75) is 58.0 Å². The number of likely N-dealkylation sites (tertiary alicyclic amines) is 1. The Labute approximate surface area is 179 Å². The molecule has 164 valence electrons. The number of fused-ring (bicyclic) bond motifs is 1. The van der Waals surface area contributed by atoms with Crippen molar-refractivity contribution in [2.24, 2.45) is 10.9 Å². The molecule has 30 heavy (non-hydrogen) atoms. The number of amides is 1. The van der Waals surface area contributed by atoms with Crippen molar-refractivity contribution in [3.8, 4) is 11.5 Å². The van der Waals surface area contributed by atoms with E-state index >= 15 is 0 Å². The van der Waals surface area contributed by atoms with Gasteiger partial charge in [0.15, 0.2) is 17.5 Å². The topological polar surface area (TPSA) is 75.2 Å². The van der Waals surface area contributed by atoms with Gasteiger partial charge in [-0.1, -0.05) is 18.9 Å². The van der Waals surface area contributed by atoms with Gasteiger partial charge in [-0.15, -0.1) is 0 Å². The molecule has 1 amide bonds. The first-order valence-electron chi connectivity index (χ1n) is 11.4. The average Bonchev–Trinajstić information content (AvgIpc) is 3.40. The summed E-state index contributed by atoms with van der Waals surface area (Å²) in [5.41, 5.74) is 1.08. The average molecular weight is 415 g/mol. The first-order valence-corrected chi connectivity index (χ1v) is 11.4. The Morgan fingerprint density at radius 2 is 1.93 bits per heavy atom. The van der Waals surface area contributed by atoms with Gasteiger partial charge in [0, 0.05) is 38.0 Å². The molecule has 1 aromatic carbocycles. The molecule has 2 heterocycles. The highest BCUT2D eigenvalue weighted by molar-refractivity contribution is 5.81. The van der Waals surface area contributed by atoms with Crippen LogP contribution in [-0.2, 0) is 11.3 Å². The summed E-state index contributed by atoms with van der Waals surface area (Å²) in [5, 5.41) is 6.85. The van der Waals surface area contributed by atoms with Crippen LogP contribution < -0.4 is 20.1 Å². The first kappa shape index (κ1) is 20.8. The molecule has 1 saturated heterocycles. The van der Waals surface area contributed by atoms with Gasteiger partial charge in [-0.3, -0.25) is 4.79 Å². The third-order valence-electron chi connectivity index (χ3n) is 6.12. The molecule has 0 aromatic heterocycles. The number of carbonyl (C=O) groups is 1. The molecule has 1 atom stereocenters. The summed E-state index contributed by atoms with van der Waals surface area (Å²) in [7, 11) is 0. The van der Waals surface area contributed by atoms with Gasteiger partial charge in [0.25, 0.3) is 0 Å². The first-order chi connectivity index (χ1) is 14.7. The van der Waals surface area contributed by atoms with E-state index in [9.17, 15) is 4.79 Å². The minimum Gasteiger partial charge on any atom is -0.490 e. The van der Waals surface area contributed by atoms with Crippen LogP contribution in [0, 0.1) is 5.92 Å². The smallest absolute Gasteiger partial charge is 0.225 e. The van der Waals surface area contributed by atoms with Crippen molar-refractivity contribution < 1.29 is 14.3 Å². The van der Waals surface area contributed by atoms with E-state index in [0.29, 0.717) is 25.7 Å². The van der Waals surface area contributed by atoms with E-state index in [-0.39, 0.29) is 12.0 Å². The van der Waals surface area contributed by atoms with Crippen molar-refractivity contribution in [3.63, 3.8) is 0 Å². The molecule has 2 N–H and O–H groups in total. The van der Waals surface area contributed by atoms with Crippen molar-refractivity contribution in [2.75, 3.05) is 32.8 Å². The summed E-state index contributed by atoms with van der Waals surface area (Å²) >= 11 is 0. The number of nitrogens with one attached hydrogen (secondary N) is 2. The molecule has 1 aliphatic carbocycles. The lowest BCUT2D eigenvalue weighted by Gasteiger charge is -2.21. The zero-order chi connectivity index (χ0) is 20.8. The molecule has 3 aliphatic rings. The van der Waals surface area contributed by atoms with Gasteiger partial charge in [-0.05, 0) is 43.9 Å². The molecule has 0 radical (unpaired) electrons. The van der Waals surface area contributed by atoms with E-state index in [1.165, 1.54) is 12.8 Å². The van der Waals surface area contributed by atoms with Crippen molar-refractivity contribution in [1.29, 1.82) is 0 Å². The monoisotopic (exact) mass is 414 g/mol. The maximum absolute atomic E-state index is 12.7. The van der Waals surface area contributed by atoms with Gasteiger partial charge < -0.3 is 25.0 Å². The Morgan fingerprint density at radius 3 is 2.73 bits per heavy atom. The Hall–Kier alpha value is -2.44. The number of hydrogen-bond donors (Lipinski definition) is 2. The van der Waals surface area contributed by atoms with E-state index in [2.05, 4.69) is 17.6 Å². The van der Waals surface area contributed by atoms with Gasteiger partial charge in [0.1, 0.15) is 0 Å². The predicted molar refractivity (Wildman–Crippen MR) is 117 cm³/mol. The Balaban J connectivity index is 1.34. The SMILES string of the molecule is CCNC(=NCc1ccc2c(c1)OCCCO2)NC1CCN(C(=O)C2CCCC2)C1. The fourth-order valence-corrected chi connectivity index (χ4v) is 4.50. The number of benzene rings is 1. The molecule has 1 saturated carbocycles. The van der Waals surface area contributed by atoms with Gasteiger partial charge in [0.05, 0.1) is 19.8 Å². The molecule has 7 nitrogen and oxygen atoms in total. The predicted octanol–water partition coefficient (Wildman–Crippen LogP) is 2.69. The number of guanidine groups is 1. The van der Waals surface area contributed by atoms with Crippen LogP contribution in [0.4, 0.5) is 0 Å².